The fraction of sp³-hybridized carbons (Fsp3) is 0.538. The first kappa shape index (κ1) is 11.6. The van der Waals surface area contributed by atoms with Gasteiger partial charge in [-0.2, -0.15) is 0 Å². The van der Waals surface area contributed by atoms with Gasteiger partial charge < -0.3 is 20.5 Å². The summed E-state index contributed by atoms with van der Waals surface area (Å²) in [6.45, 7) is 6.31. The molecular weight excluding hydrogens is 230 g/mol. The number of nitrogens with one attached hydrogen (secondary N) is 1. The van der Waals surface area contributed by atoms with Crippen LogP contribution in [-0.4, -0.2) is 44.3 Å². The summed E-state index contributed by atoms with van der Waals surface area (Å²) in [6.07, 6.45) is 0. The molecule has 0 unspecified atom stereocenters. The number of nitrogen functional groups attached to an aromatic ring is 1. The zero-order chi connectivity index (χ0) is 12.4. The zero-order valence-corrected chi connectivity index (χ0v) is 10.4. The van der Waals surface area contributed by atoms with E-state index in [0.717, 1.165) is 55.5 Å². The summed E-state index contributed by atoms with van der Waals surface area (Å²) in [4.78, 5) is 2.40. The van der Waals surface area contributed by atoms with Crippen molar-refractivity contribution in [1.29, 1.82) is 0 Å². The fourth-order valence-electron chi connectivity index (χ4n) is 2.39. The molecule has 0 saturated carbocycles. The molecule has 3 rings (SSSR count). The summed E-state index contributed by atoms with van der Waals surface area (Å²) < 4.78 is 11.1. The van der Waals surface area contributed by atoms with E-state index >= 15 is 0 Å². The Morgan fingerprint density at radius 2 is 1.78 bits per heavy atom. The molecule has 98 valence electrons. The predicted octanol–water partition coefficient (Wildman–Crippen LogP) is 0.445. The smallest absolute Gasteiger partial charge is 0.163 e. The lowest BCUT2D eigenvalue weighted by molar-refractivity contribution is 0.171. The monoisotopic (exact) mass is 249 g/mol. The van der Waals surface area contributed by atoms with Gasteiger partial charge in [0.15, 0.2) is 11.5 Å². The van der Waals surface area contributed by atoms with Gasteiger partial charge in [0.05, 0.1) is 0 Å². The van der Waals surface area contributed by atoms with Crippen LogP contribution in [0.4, 0.5) is 5.69 Å². The van der Waals surface area contributed by atoms with Crippen molar-refractivity contribution in [2.45, 2.75) is 6.54 Å². The Balaban J connectivity index is 1.78. The third-order valence-corrected chi connectivity index (χ3v) is 3.41. The van der Waals surface area contributed by atoms with E-state index in [2.05, 4.69) is 10.2 Å². The van der Waals surface area contributed by atoms with E-state index < -0.39 is 0 Å². The van der Waals surface area contributed by atoms with Crippen molar-refractivity contribution in [3.63, 3.8) is 0 Å². The van der Waals surface area contributed by atoms with Crippen LogP contribution in [0, 0.1) is 0 Å². The van der Waals surface area contributed by atoms with Crippen LogP contribution in [0.5, 0.6) is 11.5 Å². The highest BCUT2D eigenvalue weighted by molar-refractivity contribution is 5.58. The van der Waals surface area contributed by atoms with Crippen LogP contribution in [0.1, 0.15) is 5.56 Å². The van der Waals surface area contributed by atoms with Gasteiger partial charge in [0.25, 0.3) is 0 Å². The van der Waals surface area contributed by atoms with Crippen molar-refractivity contribution in [2.24, 2.45) is 0 Å². The summed E-state index contributed by atoms with van der Waals surface area (Å²) >= 11 is 0. The number of anilines is 1. The first-order valence-electron chi connectivity index (χ1n) is 6.44. The number of nitrogens with two attached hydrogens (primary N) is 1. The molecule has 3 N–H and O–H groups in total. The Morgan fingerprint density at radius 3 is 2.50 bits per heavy atom. The van der Waals surface area contributed by atoms with E-state index in [-0.39, 0.29) is 0 Å². The molecule has 0 bridgehead atoms. The second-order valence-corrected chi connectivity index (χ2v) is 4.72. The lowest BCUT2D eigenvalue weighted by atomic mass is 10.1. The minimum Gasteiger partial charge on any atom is -0.486 e. The molecule has 0 spiro atoms. The lowest BCUT2D eigenvalue weighted by Gasteiger charge is -2.28. The van der Waals surface area contributed by atoms with Crippen LogP contribution in [0.2, 0.25) is 0 Å². The first-order chi connectivity index (χ1) is 8.83. The number of nitrogens with zero attached hydrogens (tertiary/aromatic N) is 1. The van der Waals surface area contributed by atoms with Crippen molar-refractivity contribution in [1.82, 2.24) is 10.2 Å². The van der Waals surface area contributed by atoms with E-state index in [4.69, 9.17) is 15.2 Å². The van der Waals surface area contributed by atoms with E-state index in [1.807, 2.05) is 12.1 Å². The summed E-state index contributed by atoms with van der Waals surface area (Å²) in [6, 6.07) is 3.90. The summed E-state index contributed by atoms with van der Waals surface area (Å²) in [5.74, 6) is 1.59. The number of fused-ring (bicyclic) bond motifs is 1. The second-order valence-electron chi connectivity index (χ2n) is 4.72. The molecule has 0 radical (unpaired) electrons. The Hall–Kier alpha value is -1.46. The van der Waals surface area contributed by atoms with Gasteiger partial charge in [-0.15, -0.1) is 0 Å². The summed E-state index contributed by atoms with van der Waals surface area (Å²) in [5, 5.41) is 3.35. The Bertz CT molecular complexity index is 430. The Morgan fingerprint density at radius 1 is 1.11 bits per heavy atom. The number of ether oxygens (including phenoxy) is 2. The standard InChI is InChI=1S/C13H19N3O2/c14-11-8-13-12(17-5-6-18-13)7-10(11)9-16-3-1-15-2-4-16/h7-8,15H,1-6,9,14H2. The average molecular weight is 249 g/mol. The van der Waals surface area contributed by atoms with Gasteiger partial charge in [0, 0.05) is 44.5 Å². The molecule has 0 aliphatic carbocycles. The van der Waals surface area contributed by atoms with E-state index in [1.165, 1.54) is 0 Å². The van der Waals surface area contributed by atoms with Crippen LogP contribution >= 0.6 is 0 Å². The Labute approximate surface area is 107 Å². The van der Waals surface area contributed by atoms with Crippen LogP contribution in [-0.2, 0) is 6.54 Å². The molecular formula is C13H19N3O2. The number of rotatable bonds is 2. The fourth-order valence-corrected chi connectivity index (χ4v) is 2.39. The molecule has 5 nitrogen and oxygen atoms in total. The third kappa shape index (κ3) is 2.37. The first-order valence-corrected chi connectivity index (χ1v) is 6.44. The van der Waals surface area contributed by atoms with Crippen molar-refractivity contribution in [2.75, 3.05) is 45.1 Å². The predicted molar refractivity (Wildman–Crippen MR) is 70.0 cm³/mol. The van der Waals surface area contributed by atoms with Crippen LogP contribution < -0.4 is 20.5 Å². The normalized spacial score (nSPS) is 19.8. The van der Waals surface area contributed by atoms with Crippen LogP contribution in [0.25, 0.3) is 0 Å². The summed E-state index contributed by atoms with van der Waals surface area (Å²) in [5.41, 5.74) is 8.00. The topological polar surface area (TPSA) is 59.8 Å². The van der Waals surface area contributed by atoms with E-state index in [9.17, 15) is 0 Å². The highest BCUT2D eigenvalue weighted by Crippen LogP contribution is 2.34. The van der Waals surface area contributed by atoms with Crippen molar-refractivity contribution >= 4 is 5.69 Å². The van der Waals surface area contributed by atoms with Crippen molar-refractivity contribution < 1.29 is 9.47 Å². The average Bonchev–Trinajstić information content (AvgIpc) is 2.41. The van der Waals surface area contributed by atoms with Gasteiger partial charge in [0.2, 0.25) is 0 Å². The molecule has 1 aromatic carbocycles. The maximum Gasteiger partial charge on any atom is 0.163 e. The van der Waals surface area contributed by atoms with Gasteiger partial charge >= 0.3 is 0 Å². The molecule has 2 aliphatic rings. The second kappa shape index (κ2) is 5.04. The number of benzene rings is 1. The summed E-state index contributed by atoms with van der Waals surface area (Å²) in [7, 11) is 0. The van der Waals surface area contributed by atoms with Gasteiger partial charge in [-0.3, -0.25) is 4.90 Å². The minimum absolute atomic E-state index is 0.601. The Kier molecular flexibility index (Phi) is 3.25. The number of hydrogen-bond acceptors (Lipinski definition) is 5. The zero-order valence-electron chi connectivity index (χ0n) is 10.4. The molecule has 18 heavy (non-hydrogen) atoms. The highest BCUT2D eigenvalue weighted by atomic mass is 16.6. The van der Waals surface area contributed by atoms with E-state index in [1.54, 1.807) is 0 Å². The molecule has 0 atom stereocenters. The third-order valence-electron chi connectivity index (χ3n) is 3.41. The molecule has 1 saturated heterocycles. The molecule has 0 aromatic heterocycles. The molecule has 5 heteroatoms. The van der Waals surface area contributed by atoms with E-state index in [0.29, 0.717) is 13.2 Å². The maximum atomic E-state index is 6.08. The van der Waals surface area contributed by atoms with Gasteiger partial charge in [0.1, 0.15) is 13.2 Å². The maximum absolute atomic E-state index is 6.08. The lowest BCUT2D eigenvalue weighted by Crippen LogP contribution is -2.43. The van der Waals surface area contributed by atoms with Crippen molar-refractivity contribution in [3.05, 3.63) is 17.7 Å². The van der Waals surface area contributed by atoms with Gasteiger partial charge in [-0.05, 0) is 11.6 Å². The molecule has 1 fully saturated rings. The van der Waals surface area contributed by atoms with Crippen LogP contribution in [0.15, 0.2) is 12.1 Å². The minimum atomic E-state index is 0.601. The molecule has 0 amide bonds. The number of piperazine rings is 1. The highest BCUT2D eigenvalue weighted by Gasteiger charge is 2.17. The number of hydrogen-bond donors (Lipinski definition) is 2. The largest absolute Gasteiger partial charge is 0.486 e. The van der Waals surface area contributed by atoms with Gasteiger partial charge in [-0.1, -0.05) is 0 Å². The molecule has 1 aromatic rings. The van der Waals surface area contributed by atoms with Crippen LogP contribution in [0.3, 0.4) is 0 Å². The quantitative estimate of drug-likeness (QED) is 0.745. The van der Waals surface area contributed by atoms with Crippen molar-refractivity contribution in [3.8, 4) is 11.5 Å². The SMILES string of the molecule is Nc1cc2c(cc1CN1CCNCC1)OCCO2. The molecule has 2 aliphatic heterocycles. The molecule has 2 heterocycles. The van der Waals surface area contributed by atoms with Gasteiger partial charge in [-0.25, -0.2) is 0 Å².